The molecule has 4 nitrogen and oxygen atoms in total. The Morgan fingerprint density at radius 2 is 2.26 bits per heavy atom. The van der Waals surface area contributed by atoms with E-state index in [0.29, 0.717) is 13.2 Å². The predicted octanol–water partition coefficient (Wildman–Crippen LogP) is 4.26. The number of amides is 2. The molecule has 0 aliphatic carbocycles. The van der Waals surface area contributed by atoms with Crippen LogP contribution in [0, 0.1) is 0 Å². The molecule has 122 valence electrons. The van der Waals surface area contributed by atoms with Crippen LogP contribution in [0.4, 0.5) is 10.5 Å². The second-order valence-corrected chi connectivity index (χ2v) is 7.03. The van der Waals surface area contributed by atoms with E-state index in [2.05, 4.69) is 16.8 Å². The average molecular weight is 330 g/mol. The van der Waals surface area contributed by atoms with Gasteiger partial charge in [-0.25, -0.2) is 4.79 Å². The van der Waals surface area contributed by atoms with E-state index in [-0.39, 0.29) is 12.1 Å². The zero-order chi connectivity index (χ0) is 16.2. The number of rotatable bonds is 4. The molecule has 5 heteroatoms. The third-order valence-electron chi connectivity index (χ3n) is 3.86. The van der Waals surface area contributed by atoms with Crippen LogP contribution >= 0.6 is 11.3 Å². The number of fused-ring (bicyclic) bond motifs is 1. The van der Waals surface area contributed by atoms with Crippen LogP contribution in [-0.2, 0) is 24.3 Å². The number of hydrogen-bond acceptors (Lipinski definition) is 3. The van der Waals surface area contributed by atoms with E-state index in [9.17, 15) is 4.79 Å². The fourth-order valence-corrected chi connectivity index (χ4v) is 3.52. The zero-order valence-corrected chi connectivity index (χ0v) is 14.4. The molecular weight excluding hydrogens is 308 g/mol. The highest BCUT2D eigenvalue weighted by molar-refractivity contribution is 7.10. The molecule has 0 spiro atoms. The number of benzene rings is 1. The van der Waals surface area contributed by atoms with Crippen LogP contribution in [-0.4, -0.2) is 23.6 Å². The number of hydrogen-bond donors (Lipinski definition) is 1. The molecule has 0 fully saturated rings. The number of ether oxygens (including phenoxy) is 1. The van der Waals surface area contributed by atoms with Crippen LogP contribution in [0.25, 0.3) is 0 Å². The third-order valence-corrected chi connectivity index (χ3v) is 4.88. The lowest BCUT2D eigenvalue weighted by Gasteiger charge is -2.27. The predicted molar refractivity (Wildman–Crippen MR) is 93.8 cm³/mol. The van der Waals surface area contributed by atoms with Crippen molar-refractivity contribution in [2.45, 2.75) is 39.5 Å². The first-order chi connectivity index (χ1) is 11.1. The molecule has 23 heavy (non-hydrogen) atoms. The average Bonchev–Trinajstić information content (AvgIpc) is 3.00. The largest absolute Gasteiger partial charge is 0.374 e. The van der Waals surface area contributed by atoms with Crippen LogP contribution in [0.5, 0.6) is 0 Å². The lowest BCUT2D eigenvalue weighted by molar-refractivity contribution is 0.0657. The van der Waals surface area contributed by atoms with E-state index >= 15 is 0 Å². The standard InChI is InChI=1S/C18H22N2O2S/c1-13(2)22-12-14-4-3-5-16(10-14)19-18(21)20-8-6-17-15(11-20)7-9-23-17/h3-5,7,9-10,13H,6,8,11-12H2,1-2H3,(H,19,21). The van der Waals surface area contributed by atoms with E-state index in [0.717, 1.165) is 24.2 Å². The number of carbonyl (C=O) groups excluding carboxylic acids is 1. The number of nitrogens with zero attached hydrogens (tertiary/aromatic N) is 1. The first-order valence-corrected chi connectivity index (χ1v) is 8.81. The Bertz CT molecular complexity index is 681. The van der Waals surface area contributed by atoms with Gasteiger partial charge in [0.1, 0.15) is 0 Å². The molecule has 2 amide bonds. The number of carbonyl (C=O) groups is 1. The maximum atomic E-state index is 12.5. The van der Waals surface area contributed by atoms with Gasteiger partial charge < -0.3 is 15.0 Å². The summed E-state index contributed by atoms with van der Waals surface area (Å²) in [5.41, 5.74) is 3.15. The van der Waals surface area contributed by atoms with E-state index < -0.39 is 0 Å². The summed E-state index contributed by atoms with van der Waals surface area (Å²) in [6, 6.07) is 9.92. The van der Waals surface area contributed by atoms with E-state index in [1.165, 1.54) is 10.4 Å². The molecule has 0 radical (unpaired) electrons. The van der Waals surface area contributed by atoms with Gasteiger partial charge in [0.25, 0.3) is 0 Å². The normalized spacial score (nSPS) is 14.0. The Balaban J connectivity index is 1.61. The summed E-state index contributed by atoms with van der Waals surface area (Å²) in [5.74, 6) is 0. The van der Waals surface area contributed by atoms with Crippen molar-refractivity contribution >= 4 is 23.1 Å². The SMILES string of the molecule is CC(C)OCc1cccc(NC(=O)N2CCc3sccc3C2)c1. The quantitative estimate of drug-likeness (QED) is 0.910. The molecule has 1 aromatic heterocycles. The Morgan fingerprint density at radius 1 is 1.39 bits per heavy atom. The van der Waals surface area contributed by atoms with Gasteiger partial charge in [0.05, 0.1) is 12.7 Å². The maximum Gasteiger partial charge on any atom is 0.322 e. The van der Waals surface area contributed by atoms with Crippen LogP contribution in [0.2, 0.25) is 0 Å². The second-order valence-electron chi connectivity index (χ2n) is 6.03. The molecule has 1 aliphatic rings. The van der Waals surface area contributed by atoms with Gasteiger partial charge in [-0.05, 0) is 55.0 Å². The van der Waals surface area contributed by atoms with Crippen LogP contribution < -0.4 is 5.32 Å². The van der Waals surface area contributed by atoms with Crippen LogP contribution in [0.15, 0.2) is 35.7 Å². The smallest absolute Gasteiger partial charge is 0.322 e. The first kappa shape index (κ1) is 16.0. The third kappa shape index (κ3) is 4.12. The highest BCUT2D eigenvalue weighted by atomic mass is 32.1. The fourth-order valence-electron chi connectivity index (χ4n) is 2.63. The summed E-state index contributed by atoms with van der Waals surface area (Å²) in [4.78, 5) is 15.7. The molecular formula is C18H22N2O2S. The molecule has 0 saturated heterocycles. The van der Waals surface area contributed by atoms with Gasteiger partial charge in [0, 0.05) is 23.7 Å². The minimum atomic E-state index is -0.0382. The van der Waals surface area contributed by atoms with Crippen molar-refractivity contribution in [2.75, 3.05) is 11.9 Å². The summed E-state index contributed by atoms with van der Waals surface area (Å²) in [6.07, 6.45) is 1.14. The molecule has 0 bridgehead atoms. The second kappa shape index (κ2) is 7.15. The lowest BCUT2D eigenvalue weighted by atomic mass is 10.1. The van der Waals surface area contributed by atoms with Gasteiger partial charge in [-0.15, -0.1) is 11.3 Å². The lowest BCUT2D eigenvalue weighted by Crippen LogP contribution is -2.38. The number of urea groups is 1. The van der Waals surface area contributed by atoms with Crippen LogP contribution in [0.1, 0.15) is 29.9 Å². The Morgan fingerprint density at radius 3 is 3.09 bits per heavy atom. The summed E-state index contributed by atoms with van der Waals surface area (Å²) in [7, 11) is 0. The summed E-state index contributed by atoms with van der Waals surface area (Å²) in [6.45, 7) is 6.06. The minimum Gasteiger partial charge on any atom is -0.374 e. The van der Waals surface area contributed by atoms with Gasteiger partial charge in [0.2, 0.25) is 0 Å². The van der Waals surface area contributed by atoms with Crippen molar-refractivity contribution in [1.29, 1.82) is 0 Å². The van der Waals surface area contributed by atoms with Crippen molar-refractivity contribution in [3.63, 3.8) is 0 Å². The molecule has 2 heterocycles. The van der Waals surface area contributed by atoms with E-state index in [1.807, 2.05) is 43.0 Å². The highest BCUT2D eigenvalue weighted by Crippen LogP contribution is 2.24. The number of nitrogens with one attached hydrogen (secondary N) is 1. The van der Waals surface area contributed by atoms with Crippen molar-refractivity contribution in [3.05, 3.63) is 51.7 Å². The molecule has 1 aromatic carbocycles. The number of anilines is 1. The first-order valence-electron chi connectivity index (χ1n) is 7.93. The van der Waals surface area contributed by atoms with Gasteiger partial charge >= 0.3 is 6.03 Å². The summed E-state index contributed by atoms with van der Waals surface area (Å²) >= 11 is 1.78. The van der Waals surface area contributed by atoms with E-state index in [4.69, 9.17) is 4.74 Å². The Kier molecular flexibility index (Phi) is 4.98. The summed E-state index contributed by atoms with van der Waals surface area (Å²) in [5, 5.41) is 5.10. The van der Waals surface area contributed by atoms with Gasteiger partial charge in [0.15, 0.2) is 0 Å². The van der Waals surface area contributed by atoms with Gasteiger partial charge in [-0.2, -0.15) is 0 Å². The van der Waals surface area contributed by atoms with Crippen molar-refractivity contribution in [3.8, 4) is 0 Å². The number of thiophene rings is 1. The molecule has 2 aromatic rings. The monoisotopic (exact) mass is 330 g/mol. The van der Waals surface area contributed by atoms with Crippen LogP contribution in [0.3, 0.4) is 0 Å². The molecule has 0 saturated carbocycles. The van der Waals surface area contributed by atoms with E-state index in [1.54, 1.807) is 11.3 Å². The van der Waals surface area contributed by atoms with Gasteiger partial charge in [-0.3, -0.25) is 0 Å². The molecule has 1 aliphatic heterocycles. The molecule has 0 atom stereocenters. The van der Waals surface area contributed by atoms with Crippen molar-refractivity contribution in [2.24, 2.45) is 0 Å². The van der Waals surface area contributed by atoms with Crippen molar-refractivity contribution in [1.82, 2.24) is 4.90 Å². The maximum absolute atomic E-state index is 12.5. The molecule has 0 unspecified atom stereocenters. The summed E-state index contributed by atoms with van der Waals surface area (Å²) < 4.78 is 5.61. The topological polar surface area (TPSA) is 41.6 Å². The minimum absolute atomic E-state index is 0.0382. The zero-order valence-electron chi connectivity index (χ0n) is 13.5. The fraction of sp³-hybridized carbons (Fsp3) is 0.389. The van der Waals surface area contributed by atoms with Gasteiger partial charge in [-0.1, -0.05) is 12.1 Å². The highest BCUT2D eigenvalue weighted by Gasteiger charge is 2.21. The Hall–Kier alpha value is -1.85. The Labute approximate surface area is 141 Å². The molecule has 3 rings (SSSR count). The molecule has 1 N–H and O–H groups in total. The van der Waals surface area contributed by atoms with Crippen molar-refractivity contribution < 1.29 is 9.53 Å².